The number of aliphatic hydroxyl groups is 1. The summed E-state index contributed by atoms with van der Waals surface area (Å²) in [4.78, 5) is 0. The molecule has 0 aromatic heterocycles. The van der Waals surface area contributed by atoms with Crippen LogP contribution in [-0.2, 0) is 4.74 Å². The monoisotopic (exact) mass is 272 g/mol. The van der Waals surface area contributed by atoms with Gasteiger partial charge in [-0.3, -0.25) is 0 Å². The summed E-state index contributed by atoms with van der Waals surface area (Å²) in [5.74, 6) is 1.18. The third-order valence-electron chi connectivity index (χ3n) is 2.36. The molecule has 18 heavy (non-hydrogen) atoms. The molecule has 0 aliphatic carbocycles. The molecule has 1 rings (SSSR count). The lowest BCUT2D eigenvalue weighted by Crippen LogP contribution is -2.11. The van der Waals surface area contributed by atoms with Crippen LogP contribution in [0, 0.1) is 5.92 Å². The van der Waals surface area contributed by atoms with Crippen molar-refractivity contribution in [2.75, 3.05) is 19.8 Å². The highest BCUT2D eigenvalue weighted by Crippen LogP contribution is 2.28. The van der Waals surface area contributed by atoms with Gasteiger partial charge in [-0.2, -0.15) is 0 Å². The molecule has 0 bridgehead atoms. The molecule has 0 saturated carbocycles. The summed E-state index contributed by atoms with van der Waals surface area (Å²) in [5.41, 5.74) is 0.700. The first kappa shape index (κ1) is 15.3. The predicted octanol–water partition coefficient (Wildman–Crippen LogP) is 3.44. The SMILES string of the molecule is CC(C)COCCOc1ccc(Cl)cc1[C@H](C)O. The van der Waals surface area contributed by atoms with Gasteiger partial charge in [0, 0.05) is 17.2 Å². The molecule has 1 aromatic carbocycles. The van der Waals surface area contributed by atoms with Crippen molar-refractivity contribution in [3.8, 4) is 5.75 Å². The Kier molecular flexibility index (Phi) is 6.47. The molecule has 0 fully saturated rings. The molecule has 3 nitrogen and oxygen atoms in total. The van der Waals surface area contributed by atoms with E-state index in [0.29, 0.717) is 35.5 Å². The molecular weight excluding hydrogens is 252 g/mol. The number of benzene rings is 1. The lowest BCUT2D eigenvalue weighted by atomic mass is 10.1. The van der Waals surface area contributed by atoms with Crippen molar-refractivity contribution in [1.29, 1.82) is 0 Å². The van der Waals surface area contributed by atoms with Crippen LogP contribution in [0.3, 0.4) is 0 Å². The van der Waals surface area contributed by atoms with Crippen LogP contribution >= 0.6 is 11.6 Å². The van der Waals surface area contributed by atoms with E-state index >= 15 is 0 Å². The van der Waals surface area contributed by atoms with Gasteiger partial charge in [-0.05, 0) is 31.0 Å². The number of ether oxygens (including phenoxy) is 2. The van der Waals surface area contributed by atoms with E-state index in [2.05, 4.69) is 13.8 Å². The van der Waals surface area contributed by atoms with E-state index in [-0.39, 0.29) is 0 Å². The van der Waals surface area contributed by atoms with Gasteiger partial charge in [0.25, 0.3) is 0 Å². The molecule has 0 saturated heterocycles. The average molecular weight is 273 g/mol. The van der Waals surface area contributed by atoms with Crippen LogP contribution in [0.15, 0.2) is 18.2 Å². The second-order valence-corrected chi connectivity index (χ2v) is 5.11. The summed E-state index contributed by atoms with van der Waals surface area (Å²) in [6.07, 6.45) is -0.602. The van der Waals surface area contributed by atoms with Crippen LogP contribution in [0.5, 0.6) is 5.75 Å². The molecule has 4 heteroatoms. The fourth-order valence-corrected chi connectivity index (χ4v) is 1.69. The first-order chi connectivity index (χ1) is 8.50. The summed E-state index contributed by atoms with van der Waals surface area (Å²) in [6.45, 7) is 7.63. The van der Waals surface area contributed by atoms with Gasteiger partial charge in [-0.25, -0.2) is 0 Å². The van der Waals surface area contributed by atoms with Gasteiger partial charge in [-0.15, -0.1) is 0 Å². The molecule has 1 N–H and O–H groups in total. The van der Waals surface area contributed by atoms with Crippen LogP contribution in [0.4, 0.5) is 0 Å². The standard InChI is InChI=1S/C14H21ClO3/c1-10(2)9-17-6-7-18-14-5-4-12(15)8-13(14)11(3)16/h4-5,8,10-11,16H,6-7,9H2,1-3H3/t11-/m0/s1. The molecule has 0 amide bonds. The molecule has 0 aliphatic rings. The van der Waals surface area contributed by atoms with Crippen molar-refractivity contribution in [3.05, 3.63) is 28.8 Å². The maximum Gasteiger partial charge on any atom is 0.125 e. The summed E-state index contributed by atoms with van der Waals surface area (Å²) >= 11 is 5.89. The van der Waals surface area contributed by atoms with Gasteiger partial charge in [0.1, 0.15) is 12.4 Å². The van der Waals surface area contributed by atoms with E-state index in [1.165, 1.54) is 0 Å². The zero-order valence-electron chi connectivity index (χ0n) is 11.1. The summed E-state index contributed by atoms with van der Waals surface area (Å²) in [6, 6.07) is 5.24. The summed E-state index contributed by atoms with van der Waals surface area (Å²) < 4.78 is 11.0. The van der Waals surface area contributed by atoms with E-state index in [0.717, 1.165) is 6.61 Å². The highest BCUT2D eigenvalue weighted by molar-refractivity contribution is 6.30. The van der Waals surface area contributed by atoms with Crippen molar-refractivity contribution < 1.29 is 14.6 Å². The van der Waals surface area contributed by atoms with Crippen molar-refractivity contribution in [2.24, 2.45) is 5.92 Å². The van der Waals surface area contributed by atoms with Gasteiger partial charge in [0.2, 0.25) is 0 Å². The first-order valence-electron chi connectivity index (χ1n) is 6.18. The minimum Gasteiger partial charge on any atom is -0.491 e. The Bertz CT molecular complexity index is 364. The molecule has 1 atom stereocenters. The molecule has 1 aromatic rings. The maximum atomic E-state index is 9.63. The first-order valence-corrected chi connectivity index (χ1v) is 6.56. The molecule has 0 spiro atoms. The lowest BCUT2D eigenvalue weighted by Gasteiger charge is -2.14. The molecule has 0 radical (unpaired) electrons. The van der Waals surface area contributed by atoms with E-state index < -0.39 is 6.10 Å². The number of aliphatic hydroxyl groups excluding tert-OH is 1. The van der Waals surface area contributed by atoms with Crippen LogP contribution < -0.4 is 4.74 Å². The summed E-state index contributed by atoms with van der Waals surface area (Å²) in [5, 5.41) is 10.2. The van der Waals surface area contributed by atoms with E-state index in [4.69, 9.17) is 21.1 Å². The quantitative estimate of drug-likeness (QED) is 0.773. The highest BCUT2D eigenvalue weighted by Gasteiger charge is 2.09. The van der Waals surface area contributed by atoms with Gasteiger partial charge in [-0.1, -0.05) is 25.4 Å². The lowest BCUT2D eigenvalue weighted by molar-refractivity contribution is 0.0805. The second-order valence-electron chi connectivity index (χ2n) is 4.68. The zero-order chi connectivity index (χ0) is 13.5. The second kappa shape index (κ2) is 7.62. The predicted molar refractivity (Wildman–Crippen MR) is 73.2 cm³/mol. The third-order valence-corrected chi connectivity index (χ3v) is 2.59. The Morgan fingerprint density at radius 2 is 1.94 bits per heavy atom. The smallest absolute Gasteiger partial charge is 0.125 e. The fraction of sp³-hybridized carbons (Fsp3) is 0.571. The van der Waals surface area contributed by atoms with Crippen LogP contribution in [0.1, 0.15) is 32.4 Å². The van der Waals surface area contributed by atoms with E-state index in [9.17, 15) is 5.11 Å². The van der Waals surface area contributed by atoms with Crippen molar-refractivity contribution in [2.45, 2.75) is 26.9 Å². The highest BCUT2D eigenvalue weighted by atomic mass is 35.5. The van der Waals surface area contributed by atoms with Crippen molar-refractivity contribution in [1.82, 2.24) is 0 Å². The number of halogens is 1. The fourth-order valence-electron chi connectivity index (χ4n) is 1.51. The average Bonchev–Trinajstić information content (AvgIpc) is 2.29. The minimum atomic E-state index is -0.602. The molecule has 0 unspecified atom stereocenters. The third kappa shape index (κ3) is 5.25. The van der Waals surface area contributed by atoms with Crippen LogP contribution in [0.25, 0.3) is 0 Å². The van der Waals surface area contributed by atoms with Gasteiger partial charge in [0.05, 0.1) is 12.7 Å². The Labute approximate surface area is 114 Å². The molecule has 102 valence electrons. The Morgan fingerprint density at radius 3 is 2.56 bits per heavy atom. The Balaban J connectivity index is 2.46. The normalized spacial score (nSPS) is 12.8. The molecule has 0 heterocycles. The number of rotatable bonds is 7. The maximum absolute atomic E-state index is 9.63. The largest absolute Gasteiger partial charge is 0.491 e. The van der Waals surface area contributed by atoms with Crippen LogP contribution in [-0.4, -0.2) is 24.9 Å². The zero-order valence-corrected chi connectivity index (χ0v) is 11.9. The number of hydrogen-bond donors (Lipinski definition) is 1. The topological polar surface area (TPSA) is 38.7 Å². The summed E-state index contributed by atoms with van der Waals surface area (Å²) in [7, 11) is 0. The Morgan fingerprint density at radius 1 is 1.22 bits per heavy atom. The van der Waals surface area contributed by atoms with Crippen molar-refractivity contribution in [3.63, 3.8) is 0 Å². The van der Waals surface area contributed by atoms with Crippen molar-refractivity contribution >= 4 is 11.6 Å². The van der Waals surface area contributed by atoms with Gasteiger partial charge < -0.3 is 14.6 Å². The van der Waals surface area contributed by atoms with E-state index in [1.807, 2.05) is 0 Å². The van der Waals surface area contributed by atoms with Gasteiger partial charge >= 0.3 is 0 Å². The van der Waals surface area contributed by atoms with Crippen LogP contribution in [0.2, 0.25) is 5.02 Å². The number of hydrogen-bond acceptors (Lipinski definition) is 3. The van der Waals surface area contributed by atoms with E-state index in [1.54, 1.807) is 25.1 Å². The Hall–Kier alpha value is -0.770. The molecule has 0 aliphatic heterocycles. The minimum absolute atomic E-state index is 0.466. The van der Waals surface area contributed by atoms with Gasteiger partial charge in [0.15, 0.2) is 0 Å². The molecular formula is C14H21ClO3.